The summed E-state index contributed by atoms with van der Waals surface area (Å²) in [5.74, 6) is -2.54. The maximum Gasteiger partial charge on any atom is 0.247 e. The number of imide groups is 1. The Bertz CT molecular complexity index is 730. The number of nitrogens with two attached hydrogens (primary N) is 1. The van der Waals surface area contributed by atoms with Crippen LogP contribution in [0.2, 0.25) is 0 Å². The number of carbonyl (C=O) groups is 2. The zero-order valence-electron chi connectivity index (χ0n) is 11.4. The molecule has 0 bridgehead atoms. The van der Waals surface area contributed by atoms with Crippen molar-refractivity contribution in [1.29, 1.82) is 0 Å². The average molecular weight is 315 g/mol. The van der Waals surface area contributed by atoms with Crippen LogP contribution in [0.1, 0.15) is 13.8 Å². The van der Waals surface area contributed by atoms with Crippen LogP contribution >= 0.6 is 0 Å². The normalized spacial score (nSPS) is 19.4. The van der Waals surface area contributed by atoms with Crippen LogP contribution in [-0.2, 0) is 19.6 Å². The largest absolute Gasteiger partial charge is 0.399 e. The molecule has 0 aliphatic carbocycles. The highest BCUT2D eigenvalue weighted by Gasteiger charge is 2.48. The van der Waals surface area contributed by atoms with E-state index in [-0.39, 0.29) is 5.69 Å². The van der Waals surface area contributed by atoms with E-state index in [0.717, 1.165) is 12.1 Å². The van der Waals surface area contributed by atoms with E-state index in [0.29, 0.717) is 4.31 Å². The van der Waals surface area contributed by atoms with Crippen LogP contribution in [0.15, 0.2) is 23.1 Å². The van der Waals surface area contributed by atoms with Gasteiger partial charge >= 0.3 is 0 Å². The highest BCUT2D eigenvalue weighted by molar-refractivity contribution is 7.89. The van der Waals surface area contributed by atoms with E-state index < -0.39 is 44.6 Å². The second kappa shape index (κ2) is 4.78. The van der Waals surface area contributed by atoms with Gasteiger partial charge in [0, 0.05) is 5.69 Å². The number of piperazine rings is 1. The summed E-state index contributed by atoms with van der Waals surface area (Å²) in [5.41, 5.74) is 4.01. The van der Waals surface area contributed by atoms with Gasteiger partial charge in [-0.1, -0.05) is 0 Å². The molecule has 1 fully saturated rings. The maximum atomic E-state index is 13.8. The Labute approximate surface area is 121 Å². The summed E-state index contributed by atoms with van der Waals surface area (Å²) in [4.78, 5) is 22.6. The molecule has 21 heavy (non-hydrogen) atoms. The molecule has 1 aliphatic heterocycles. The average Bonchev–Trinajstić information content (AvgIpc) is 2.36. The molecule has 0 aromatic heterocycles. The fraction of sp³-hybridized carbons (Fsp3) is 0.333. The van der Waals surface area contributed by atoms with Gasteiger partial charge in [0.25, 0.3) is 0 Å². The third-order valence-corrected chi connectivity index (χ3v) is 5.28. The standard InChI is InChI=1S/C12H14FN3O4S/c1-12(2)11(18)15-10(17)6-16(12)21(19,20)9-5-7(14)3-4-8(9)13/h3-5H,6,14H2,1-2H3,(H,15,17,18). The Morgan fingerprint density at radius 2 is 1.95 bits per heavy atom. The fourth-order valence-electron chi connectivity index (χ4n) is 1.98. The molecule has 0 saturated carbocycles. The number of anilines is 1. The van der Waals surface area contributed by atoms with Gasteiger partial charge in [-0.25, -0.2) is 12.8 Å². The molecule has 0 atom stereocenters. The number of carbonyl (C=O) groups excluding carboxylic acids is 2. The number of rotatable bonds is 2. The molecule has 2 amide bonds. The molecule has 7 nitrogen and oxygen atoms in total. The van der Waals surface area contributed by atoms with E-state index in [1.54, 1.807) is 0 Å². The first kappa shape index (κ1) is 15.4. The Kier molecular flexibility index (Phi) is 3.50. The van der Waals surface area contributed by atoms with Crippen LogP contribution in [-0.4, -0.2) is 36.6 Å². The number of nitrogens with one attached hydrogen (secondary N) is 1. The van der Waals surface area contributed by atoms with Gasteiger partial charge in [-0.05, 0) is 32.0 Å². The minimum Gasteiger partial charge on any atom is -0.399 e. The first-order valence-electron chi connectivity index (χ1n) is 5.99. The maximum absolute atomic E-state index is 13.8. The van der Waals surface area contributed by atoms with Gasteiger partial charge in [0.1, 0.15) is 16.3 Å². The number of hydrogen-bond acceptors (Lipinski definition) is 5. The second-order valence-corrected chi connectivity index (χ2v) is 6.97. The Morgan fingerprint density at radius 1 is 1.33 bits per heavy atom. The highest BCUT2D eigenvalue weighted by Crippen LogP contribution is 2.29. The topological polar surface area (TPSA) is 110 Å². The lowest BCUT2D eigenvalue weighted by Gasteiger charge is -2.38. The monoisotopic (exact) mass is 315 g/mol. The van der Waals surface area contributed by atoms with Crippen molar-refractivity contribution in [3.05, 3.63) is 24.0 Å². The first-order valence-corrected chi connectivity index (χ1v) is 7.43. The van der Waals surface area contributed by atoms with Crippen LogP contribution in [0.4, 0.5) is 10.1 Å². The predicted molar refractivity (Wildman–Crippen MR) is 71.9 cm³/mol. The van der Waals surface area contributed by atoms with E-state index >= 15 is 0 Å². The molecule has 2 rings (SSSR count). The van der Waals surface area contributed by atoms with Crippen LogP contribution in [0, 0.1) is 5.82 Å². The van der Waals surface area contributed by atoms with Gasteiger partial charge in [-0.3, -0.25) is 14.9 Å². The quantitative estimate of drug-likeness (QED) is 0.582. The van der Waals surface area contributed by atoms with Gasteiger partial charge < -0.3 is 5.73 Å². The molecule has 0 spiro atoms. The molecule has 9 heteroatoms. The van der Waals surface area contributed by atoms with Gasteiger partial charge in [0.2, 0.25) is 21.8 Å². The summed E-state index contributed by atoms with van der Waals surface area (Å²) in [6.45, 7) is 2.09. The van der Waals surface area contributed by atoms with E-state index in [2.05, 4.69) is 0 Å². The third-order valence-electron chi connectivity index (χ3n) is 3.24. The first-order chi connectivity index (χ1) is 9.56. The summed E-state index contributed by atoms with van der Waals surface area (Å²) in [5, 5.41) is 2.05. The van der Waals surface area contributed by atoms with Crippen molar-refractivity contribution in [1.82, 2.24) is 9.62 Å². The molecule has 0 radical (unpaired) electrons. The number of nitrogen functional groups attached to an aromatic ring is 1. The summed E-state index contributed by atoms with van der Waals surface area (Å²) < 4.78 is 39.6. The SMILES string of the molecule is CC1(C)C(=O)NC(=O)CN1S(=O)(=O)c1cc(N)ccc1F. The van der Waals surface area contributed by atoms with E-state index in [4.69, 9.17) is 5.73 Å². The smallest absolute Gasteiger partial charge is 0.247 e. The van der Waals surface area contributed by atoms with Crippen LogP contribution in [0.5, 0.6) is 0 Å². The van der Waals surface area contributed by atoms with Gasteiger partial charge in [0.05, 0.1) is 6.54 Å². The molecule has 0 unspecified atom stereocenters. The number of benzene rings is 1. The van der Waals surface area contributed by atoms with Crippen LogP contribution in [0.25, 0.3) is 0 Å². The van der Waals surface area contributed by atoms with Gasteiger partial charge in [0.15, 0.2) is 0 Å². The lowest BCUT2D eigenvalue weighted by molar-refractivity contribution is -0.141. The number of sulfonamides is 1. The van der Waals surface area contributed by atoms with Crippen molar-refractivity contribution in [3.8, 4) is 0 Å². The van der Waals surface area contributed by atoms with Crippen LogP contribution < -0.4 is 11.1 Å². The van der Waals surface area contributed by atoms with Crippen LogP contribution in [0.3, 0.4) is 0 Å². The Morgan fingerprint density at radius 3 is 2.57 bits per heavy atom. The van der Waals surface area contributed by atoms with Crippen molar-refractivity contribution >= 4 is 27.5 Å². The molecule has 1 aliphatic rings. The second-order valence-electron chi connectivity index (χ2n) is 5.14. The van der Waals surface area contributed by atoms with Gasteiger partial charge in [-0.15, -0.1) is 0 Å². The van der Waals surface area contributed by atoms with Gasteiger partial charge in [-0.2, -0.15) is 4.31 Å². The summed E-state index contributed by atoms with van der Waals surface area (Å²) in [6, 6.07) is 3.09. The minimum absolute atomic E-state index is 0.0561. The third kappa shape index (κ3) is 2.49. The molecule has 114 valence electrons. The van der Waals surface area contributed by atoms with Crippen molar-refractivity contribution in [2.45, 2.75) is 24.3 Å². The summed E-state index contributed by atoms with van der Waals surface area (Å²) in [7, 11) is -4.39. The zero-order valence-corrected chi connectivity index (χ0v) is 12.2. The molecular weight excluding hydrogens is 301 g/mol. The van der Waals surface area contributed by atoms with E-state index in [1.165, 1.54) is 19.9 Å². The number of amides is 2. The van der Waals surface area contributed by atoms with E-state index in [9.17, 15) is 22.4 Å². The van der Waals surface area contributed by atoms with Crippen molar-refractivity contribution in [3.63, 3.8) is 0 Å². The molecule has 1 aromatic rings. The lowest BCUT2D eigenvalue weighted by Crippen LogP contribution is -2.65. The minimum atomic E-state index is -4.39. The van der Waals surface area contributed by atoms with E-state index in [1.807, 2.05) is 5.32 Å². The number of nitrogens with zero attached hydrogens (tertiary/aromatic N) is 1. The summed E-state index contributed by atoms with van der Waals surface area (Å²) in [6.07, 6.45) is 0. The lowest BCUT2D eigenvalue weighted by atomic mass is 10.0. The molecule has 1 saturated heterocycles. The number of hydrogen-bond donors (Lipinski definition) is 2. The Hall–Kier alpha value is -2.00. The Balaban J connectivity index is 2.59. The molecule has 3 N–H and O–H groups in total. The van der Waals surface area contributed by atoms with Crippen molar-refractivity contribution in [2.24, 2.45) is 0 Å². The zero-order chi connectivity index (χ0) is 16.0. The van der Waals surface area contributed by atoms with Crippen molar-refractivity contribution < 1.29 is 22.4 Å². The molecule has 1 aromatic carbocycles. The number of halogens is 1. The molecular formula is C12H14FN3O4S. The fourth-order valence-corrected chi connectivity index (χ4v) is 3.79. The molecule has 1 heterocycles. The van der Waals surface area contributed by atoms with Crippen molar-refractivity contribution in [2.75, 3.05) is 12.3 Å². The predicted octanol–water partition coefficient (Wildman–Crippen LogP) is -0.166. The highest BCUT2D eigenvalue weighted by atomic mass is 32.2. The summed E-state index contributed by atoms with van der Waals surface area (Å²) >= 11 is 0.